The van der Waals surface area contributed by atoms with Crippen molar-refractivity contribution in [2.45, 2.75) is 38.1 Å². The van der Waals surface area contributed by atoms with E-state index in [1.165, 1.54) is 4.31 Å². The van der Waals surface area contributed by atoms with Gasteiger partial charge in [-0.05, 0) is 55.2 Å². The molecule has 1 amide bonds. The van der Waals surface area contributed by atoms with Crippen molar-refractivity contribution < 1.29 is 13.2 Å². The largest absolute Gasteiger partial charge is 0.348 e. The van der Waals surface area contributed by atoms with Crippen LogP contribution in [0, 0.1) is 13.8 Å². The van der Waals surface area contributed by atoms with Gasteiger partial charge < -0.3 is 5.32 Å². The van der Waals surface area contributed by atoms with Gasteiger partial charge in [0, 0.05) is 0 Å². The number of rotatable bonds is 8. The molecule has 0 aromatic heterocycles. The molecule has 1 atom stereocenters. The van der Waals surface area contributed by atoms with Crippen LogP contribution in [0.3, 0.4) is 0 Å². The van der Waals surface area contributed by atoms with Crippen molar-refractivity contribution in [2.75, 3.05) is 10.8 Å². The molecule has 3 aromatic carbocycles. The monoisotopic (exact) mass is 436 g/mol. The van der Waals surface area contributed by atoms with E-state index in [4.69, 9.17) is 0 Å². The van der Waals surface area contributed by atoms with Gasteiger partial charge in [-0.25, -0.2) is 8.42 Å². The number of nitrogens with zero attached hydrogens (tertiary/aromatic N) is 1. The summed E-state index contributed by atoms with van der Waals surface area (Å²) in [5.74, 6) is -0.351. The zero-order valence-electron chi connectivity index (χ0n) is 18.1. The van der Waals surface area contributed by atoms with E-state index in [-0.39, 0.29) is 23.4 Å². The first-order valence-corrected chi connectivity index (χ1v) is 11.8. The standard InChI is InChI=1S/C25H28N2O3S/c1-4-23(21-13-7-5-8-14-21)26-25(28)18-27(24-17-11-12-19(2)20(24)3)31(29,30)22-15-9-6-10-16-22/h5-17,23H,4,18H2,1-3H3,(H,26,28)/t23-/m0/s1. The summed E-state index contributed by atoms with van der Waals surface area (Å²) in [6.07, 6.45) is 0.699. The third-order valence-electron chi connectivity index (χ3n) is 5.41. The van der Waals surface area contributed by atoms with Crippen LogP contribution in [-0.2, 0) is 14.8 Å². The minimum absolute atomic E-state index is 0.152. The Labute approximate surface area is 184 Å². The molecule has 3 aromatic rings. The lowest BCUT2D eigenvalue weighted by atomic mass is 10.0. The number of amides is 1. The summed E-state index contributed by atoms with van der Waals surface area (Å²) in [6.45, 7) is 5.48. The fourth-order valence-corrected chi connectivity index (χ4v) is 5.00. The summed E-state index contributed by atoms with van der Waals surface area (Å²) in [5, 5.41) is 3.00. The maximum Gasteiger partial charge on any atom is 0.264 e. The predicted octanol–water partition coefficient (Wildman–Crippen LogP) is 4.77. The normalized spacial score (nSPS) is 12.2. The van der Waals surface area contributed by atoms with E-state index >= 15 is 0 Å². The number of anilines is 1. The van der Waals surface area contributed by atoms with E-state index in [0.717, 1.165) is 16.7 Å². The first kappa shape index (κ1) is 22.6. The quantitative estimate of drug-likeness (QED) is 0.553. The molecule has 0 spiro atoms. The molecule has 0 saturated carbocycles. The molecule has 0 aliphatic carbocycles. The third-order valence-corrected chi connectivity index (χ3v) is 7.18. The Hall–Kier alpha value is -3.12. The average molecular weight is 437 g/mol. The van der Waals surface area contributed by atoms with Crippen LogP contribution in [0.5, 0.6) is 0 Å². The van der Waals surface area contributed by atoms with Gasteiger partial charge >= 0.3 is 0 Å². The molecule has 0 unspecified atom stereocenters. The van der Waals surface area contributed by atoms with Gasteiger partial charge in [-0.1, -0.05) is 67.6 Å². The van der Waals surface area contributed by atoms with Crippen LogP contribution in [0.1, 0.15) is 36.1 Å². The van der Waals surface area contributed by atoms with Gasteiger partial charge in [-0.15, -0.1) is 0 Å². The lowest BCUT2D eigenvalue weighted by Crippen LogP contribution is -2.42. The molecule has 0 aliphatic heterocycles. The molecular weight excluding hydrogens is 408 g/mol. The van der Waals surface area contributed by atoms with Gasteiger partial charge in [0.15, 0.2) is 0 Å². The van der Waals surface area contributed by atoms with E-state index in [1.54, 1.807) is 36.4 Å². The second-order valence-corrected chi connectivity index (χ2v) is 9.35. The fourth-order valence-electron chi connectivity index (χ4n) is 3.50. The number of hydrogen-bond acceptors (Lipinski definition) is 3. The molecule has 31 heavy (non-hydrogen) atoms. The highest BCUT2D eigenvalue weighted by Crippen LogP contribution is 2.28. The Balaban J connectivity index is 1.95. The highest BCUT2D eigenvalue weighted by Gasteiger charge is 2.29. The van der Waals surface area contributed by atoms with Gasteiger partial charge in [0.05, 0.1) is 16.6 Å². The van der Waals surface area contributed by atoms with Crippen LogP contribution in [-0.4, -0.2) is 20.9 Å². The number of aryl methyl sites for hydroxylation is 1. The van der Waals surface area contributed by atoms with Crippen molar-refractivity contribution in [1.29, 1.82) is 0 Å². The molecule has 0 heterocycles. The van der Waals surface area contributed by atoms with Gasteiger partial charge in [-0.3, -0.25) is 9.10 Å². The first-order valence-electron chi connectivity index (χ1n) is 10.3. The molecule has 0 fully saturated rings. The first-order chi connectivity index (χ1) is 14.8. The molecular formula is C25H28N2O3S. The SMILES string of the molecule is CC[C@H](NC(=O)CN(c1cccc(C)c1C)S(=O)(=O)c1ccccc1)c1ccccc1. The van der Waals surface area contributed by atoms with E-state index < -0.39 is 10.0 Å². The highest BCUT2D eigenvalue weighted by molar-refractivity contribution is 7.92. The van der Waals surface area contributed by atoms with Gasteiger partial charge in [0.2, 0.25) is 5.91 Å². The van der Waals surface area contributed by atoms with Crippen molar-refractivity contribution >= 4 is 21.6 Å². The van der Waals surface area contributed by atoms with E-state index in [2.05, 4.69) is 5.32 Å². The minimum Gasteiger partial charge on any atom is -0.348 e. The third kappa shape index (κ3) is 5.14. The minimum atomic E-state index is -3.92. The molecule has 0 bridgehead atoms. The van der Waals surface area contributed by atoms with E-state index in [1.807, 2.05) is 63.2 Å². The topological polar surface area (TPSA) is 66.5 Å². The van der Waals surface area contributed by atoms with Gasteiger partial charge in [-0.2, -0.15) is 0 Å². The van der Waals surface area contributed by atoms with Crippen LogP contribution in [0.15, 0.2) is 83.8 Å². The maximum absolute atomic E-state index is 13.5. The predicted molar refractivity (Wildman–Crippen MR) is 125 cm³/mol. The van der Waals surface area contributed by atoms with Crippen LogP contribution in [0.25, 0.3) is 0 Å². The second kappa shape index (κ2) is 9.79. The van der Waals surface area contributed by atoms with Crippen molar-refractivity contribution in [3.63, 3.8) is 0 Å². The van der Waals surface area contributed by atoms with Crippen molar-refractivity contribution in [1.82, 2.24) is 5.32 Å². The molecule has 162 valence electrons. The zero-order chi connectivity index (χ0) is 22.4. The number of carbonyl (C=O) groups excluding carboxylic acids is 1. The molecule has 5 nitrogen and oxygen atoms in total. The van der Waals surface area contributed by atoms with Gasteiger partial charge in [0.1, 0.15) is 6.54 Å². The number of hydrogen-bond donors (Lipinski definition) is 1. The summed E-state index contributed by atoms with van der Waals surface area (Å²) in [4.78, 5) is 13.2. The van der Waals surface area contributed by atoms with Crippen LogP contribution >= 0.6 is 0 Å². The Bertz CT molecular complexity index is 1130. The molecule has 0 aliphatic rings. The van der Waals surface area contributed by atoms with Crippen LogP contribution in [0.2, 0.25) is 0 Å². The smallest absolute Gasteiger partial charge is 0.264 e. The summed E-state index contributed by atoms with van der Waals surface area (Å²) >= 11 is 0. The van der Waals surface area contributed by atoms with Crippen molar-refractivity contribution in [3.05, 3.63) is 95.6 Å². The summed E-state index contributed by atoms with van der Waals surface area (Å²) in [6, 6.07) is 23.2. The van der Waals surface area contributed by atoms with E-state index in [9.17, 15) is 13.2 Å². The Kier molecular flexibility index (Phi) is 7.13. The molecule has 0 saturated heterocycles. The van der Waals surface area contributed by atoms with Crippen LogP contribution < -0.4 is 9.62 Å². The molecule has 1 N–H and O–H groups in total. The van der Waals surface area contributed by atoms with E-state index in [0.29, 0.717) is 12.1 Å². The Morgan fingerprint density at radius 3 is 2.13 bits per heavy atom. The fraction of sp³-hybridized carbons (Fsp3) is 0.240. The lowest BCUT2D eigenvalue weighted by molar-refractivity contribution is -0.120. The van der Waals surface area contributed by atoms with Crippen molar-refractivity contribution in [2.24, 2.45) is 0 Å². The number of carbonyl (C=O) groups is 1. The molecule has 3 rings (SSSR count). The number of sulfonamides is 1. The second-order valence-electron chi connectivity index (χ2n) is 7.48. The summed E-state index contributed by atoms with van der Waals surface area (Å²) < 4.78 is 28.2. The number of nitrogens with one attached hydrogen (secondary N) is 1. The number of benzene rings is 3. The molecule has 6 heteroatoms. The zero-order valence-corrected chi connectivity index (χ0v) is 18.9. The van der Waals surface area contributed by atoms with Crippen molar-refractivity contribution in [3.8, 4) is 0 Å². The Morgan fingerprint density at radius 1 is 0.903 bits per heavy atom. The maximum atomic E-state index is 13.5. The summed E-state index contributed by atoms with van der Waals surface area (Å²) in [5.41, 5.74) is 3.28. The average Bonchev–Trinajstić information content (AvgIpc) is 2.79. The highest BCUT2D eigenvalue weighted by atomic mass is 32.2. The molecule has 0 radical (unpaired) electrons. The van der Waals surface area contributed by atoms with Crippen LogP contribution in [0.4, 0.5) is 5.69 Å². The summed E-state index contributed by atoms with van der Waals surface area (Å²) in [7, 11) is -3.92. The Morgan fingerprint density at radius 2 is 1.52 bits per heavy atom. The van der Waals surface area contributed by atoms with Gasteiger partial charge in [0.25, 0.3) is 10.0 Å². The lowest BCUT2D eigenvalue weighted by Gasteiger charge is -2.27.